The third-order valence-corrected chi connectivity index (χ3v) is 21.1. The average Bonchev–Trinajstić information content (AvgIpc) is 0.932. The normalized spacial score (nSPS) is 14.2. The van der Waals surface area contributed by atoms with Gasteiger partial charge in [-0.05, 0) is 43.4 Å². The van der Waals surface area contributed by atoms with E-state index in [1.165, 1.54) is 231 Å². The van der Waals surface area contributed by atoms with Gasteiger partial charge in [0.25, 0.3) is 0 Å². The Hall–Kier alpha value is -1.94. The van der Waals surface area contributed by atoms with Gasteiger partial charge >= 0.3 is 39.5 Å². The number of aliphatic hydroxyl groups excluding tert-OH is 1. The summed E-state index contributed by atoms with van der Waals surface area (Å²) in [5.74, 6) is 0.239. The van der Waals surface area contributed by atoms with Crippen LogP contribution >= 0.6 is 15.6 Å². The summed E-state index contributed by atoms with van der Waals surface area (Å²) in [6.45, 7) is 12.0. The molecule has 19 heteroatoms. The Kier molecular flexibility index (Phi) is 69.9. The molecule has 0 bridgehead atoms. The SMILES string of the molecule is CCCCCCCCCCCCCCCCC(=O)OC[C@H](COP(=O)(O)OC[C@@H](O)COP(=O)(O)OC[C@@H](COC(=O)CCCCCCCCCCC(C)CC)OC(=O)CCCCCCCCCCCCC(C)C)OC(=O)CCCCCCCCCCCCCCCCCCCCC(C)C. The summed E-state index contributed by atoms with van der Waals surface area (Å²) in [5, 5.41) is 10.6. The second kappa shape index (κ2) is 71.3. The van der Waals surface area contributed by atoms with Crippen molar-refractivity contribution in [2.24, 2.45) is 17.8 Å². The van der Waals surface area contributed by atoms with E-state index in [9.17, 15) is 43.2 Å². The van der Waals surface area contributed by atoms with Gasteiger partial charge in [-0.1, -0.05) is 370 Å². The molecule has 17 nitrogen and oxygen atoms in total. The molecule has 0 fully saturated rings. The Bertz CT molecular complexity index is 1940. The first-order valence-electron chi connectivity index (χ1n) is 41.9. The minimum absolute atomic E-state index is 0.106. The zero-order valence-corrected chi connectivity index (χ0v) is 67.5. The molecule has 594 valence electrons. The lowest BCUT2D eigenvalue weighted by atomic mass is 9.99. The topological polar surface area (TPSA) is 237 Å². The summed E-state index contributed by atoms with van der Waals surface area (Å²) in [6.07, 6.45) is 59.6. The van der Waals surface area contributed by atoms with Crippen LogP contribution in [-0.4, -0.2) is 96.7 Å². The van der Waals surface area contributed by atoms with Gasteiger partial charge in [-0.2, -0.15) is 0 Å². The molecule has 3 N–H and O–H groups in total. The van der Waals surface area contributed by atoms with Gasteiger partial charge in [0, 0.05) is 25.7 Å². The highest BCUT2D eigenvalue weighted by atomic mass is 31.2. The zero-order valence-electron chi connectivity index (χ0n) is 65.7. The number of hydrogen-bond acceptors (Lipinski definition) is 15. The Morgan fingerprint density at radius 3 is 0.760 bits per heavy atom. The number of carbonyl (C=O) groups excluding carboxylic acids is 4. The highest BCUT2D eigenvalue weighted by Gasteiger charge is 2.30. The molecule has 0 aliphatic heterocycles. The smallest absolute Gasteiger partial charge is 0.462 e. The molecule has 0 heterocycles. The monoisotopic (exact) mass is 1470 g/mol. The third kappa shape index (κ3) is 73.0. The van der Waals surface area contributed by atoms with E-state index in [2.05, 4.69) is 48.5 Å². The predicted molar refractivity (Wildman–Crippen MR) is 409 cm³/mol. The van der Waals surface area contributed by atoms with Crippen molar-refractivity contribution >= 4 is 39.5 Å². The molecule has 0 aromatic heterocycles. The first kappa shape index (κ1) is 98.1. The van der Waals surface area contributed by atoms with Gasteiger partial charge in [-0.15, -0.1) is 0 Å². The van der Waals surface area contributed by atoms with Crippen molar-refractivity contribution in [1.29, 1.82) is 0 Å². The van der Waals surface area contributed by atoms with Crippen molar-refractivity contribution in [2.75, 3.05) is 39.6 Å². The van der Waals surface area contributed by atoms with Gasteiger partial charge < -0.3 is 33.8 Å². The first-order chi connectivity index (χ1) is 48.3. The van der Waals surface area contributed by atoms with E-state index in [0.717, 1.165) is 108 Å². The van der Waals surface area contributed by atoms with Crippen LogP contribution in [0.1, 0.15) is 421 Å². The van der Waals surface area contributed by atoms with Crippen LogP contribution in [0.25, 0.3) is 0 Å². The summed E-state index contributed by atoms with van der Waals surface area (Å²) < 4.78 is 68.7. The van der Waals surface area contributed by atoms with E-state index in [4.69, 9.17) is 37.0 Å². The first-order valence-corrected chi connectivity index (χ1v) is 44.9. The van der Waals surface area contributed by atoms with Crippen LogP contribution in [0.4, 0.5) is 0 Å². The number of phosphoric acid groups is 2. The molecule has 0 radical (unpaired) electrons. The van der Waals surface area contributed by atoms with Gasteiger partial charge in [-0.3, -0.25) is 37.3 Å². The summed E-state index contributed by atoms with van der Waals surface area (Å²) in [6, 6.07) is 0. The molecule has 0 aliphatic rings. The van der Waals surface area contributed by atoms with E-state index >= 15 is 0 Å². The van der Waals surface area contributed by atoms with E-state index < -0.39 is 97.5 Å². The van der Waals surface area contributed by atoms with Crippen molar-refractivity contribution in [2.45, 2.75) is 439 Å². The molecule has 0 aromatic carbocycles. The molecule has 0 amide bonds. The number of ether oxygens (including phenoxy) is 4. The number of esters is 4. The van der Waals surface area contributed by atoms with Gasteiger partial charge in [-0.25, -0.2) is 9.13 Å². The molecule has 0 spiro atoms. The number of carbonyl (C=O) groups is 4. The molecule has 0 aromatic rings. The van der Waals surface area contributed by atoms with Crippen molar-refractivity contribution in [3.63, 3.8) is 0 Å². The Morgan fingerprint density at radius 1 is 0.290 bits per heavy atom. The van der Waals surface area contributed by atoms with Crippen LogP contribution in [0.5, 0.6) is 0 Å². The van der Waals surface area contributed by atoms with Gasteiger partial charge in [0.05, 0.1) is 26.4 Å². The average molecular weight is 1470 g/mol. The van der Waals surface area contributed by atoms with Crippen molar-refractivity contribution in [3.05, 3.63) is 0 Å². The highest BCUT2D eigenvalue weighted by Crippen LogP contribution is 2.45. The lowest BCUT2D eigenvalue weighted by molar-refractivity contribution is -0.161. The van der Waals surface area contributed by atoms with Gasteiger partial charge in [0.15, 0.2) is 12.2 Å². The van der Waals surface area contributed by atoms with E-state index in [1.807, 2.05) is 0 Å². The minimum atomic E-state index is -4.96. The van der Waals surface area contributed by atoms with E-state index in [-0.39, 0.29) is 25.7 Å². The van der Waals surface area contributed by atoms with Crippen molar-refractivity contribution in [1.82, 2.24) is 0 Å². The molecule has 3 unspecified atom stereocenters. The van der Waals surface area contributed by atoms with Gasteiger partial charge in [0.2, 0.25) is 0 Å². The number of unbranched alkanes of at least 4 members (excludes halogenated alkanes) is 46. The van der Waals surface area contributed by atoms with Crippen LogP contribution in [0.15, 0.2) is 0 Å². The number of hydrogen-bond donors (Lipinski definition) is 3. The molecular weight excluding hydrogens is 1310 g/mol. The highest BCUT2D eigenvalue weighted by molar-refractivity contribution is 7.47. The van der Waals surface area contributed by atoms with Crippen LogP contribution in [0.3, 0.4) is 0 Å². The number of phosphoric ester groups is 2. The largest absolute Gasteiger partial charge is 0.472 e. The molecule has 6 atom stereocenters. The Morgan fingerprint density at radius 2 is 0.510 bits per heavy atom. The standard InChI is InChI=1S/C81H158O17P2/c1-8-10-11-12-13-14-15-16-24-27-33-41-48-55-62-78(83)91-68-76(97-80(85)64-57-50-43-34-28-25-22-20-18-17-19-21-23-26-31-38-45-52-59-72(3)4)70-95-99(87,88)93-66-75(82)67-94-100(89,90)96-71-77(69-92-79(84)63-56-49-42-37-36-40-47-54-61-74(7)9-2)98-81(86)65-58-51-44-35-30-29-32-39-46-53-60-73(5)6/h72-77,82H,8-71H2,1-7H3,(H,87,88)(H,89,90)/t74?,75-,76-,77-/m1/s1. The molecular formula is C81H158O17P2. The van der Waals surface area contributed by atoms with Crippen LogP contribution in [0.2, 0.25) is 0 Å². The molecule has 0 saturated carbocycles. The zero-order chi connectivity index (χ0) is 73.7. The Balaban J connectivity index is 5.24. The minimum Gasteiger partial charge on any atom is -0.462 e. The quantitative estimate of drug-likeness (QED) is 0.0222. The second-order valence-corrected chi connectivity index (χ2v) is 33.3. The summed E-state index contributed by atoms with van der Waals surface area (Å²) in [4.78, 5) is 73.0. The fourth-order valence-electron chi connectivity index (χ4n) is 12.5. The summed E-state index contributed by atoms with van der Waals surface area (Å²) >= 11 is 0. The van der Waals surface area contributed by atoms with Crippen LogP contribution in [0, 0.1) is 17.8 Å². The predicted octanol–water partition coefficient (Wildman–Crippen LogP) is 24.1. The maximum Gasteiger partial charge on any atom is 0.472 e. The number of rotatable bonds is 79. The summed E-state index contributed by atoms with van der Waals surface area (Å²) in [5.41, 5.74) is 0. The van der Waals surface area contributed by atoms with Crippen molar-refractivity contribution in [3.8, 4) is 0 Å². The maximum atomic E-state index is 13.1. The van der Waals surface area contributed by atoms with Crippen LogP contribution < -0.4 is 0 Å². The second-order valence-electron chi connectivity index (χ2n) is 30.4. The molecule has 0 rings (SSSR count). The summed E-state index contributed by atoms with van der Waals surface area (Å²) in [7, 11) is -9.92. The lowest BCUT2D eigenvalue weighted by Crippen LogP contribution is -2.30. The van der Waals surface area contributed by atoms with Crippen LogP contribution in [-0.2, 0) is 65.4 Å². The van der Waals surface area contributed by atoms with Gasteiger partial charge in [0.1, 0.15) is 19.3 Å². The molecule has 0 aliphatic carbocycles. The van der Waals surface area contributed by atoms with E-state index in [1.54, 1.807) is 0 Å². The molecule has 100 heavy (non-hydrogen) atoms. The molecule has 0 saturated heterocycles. The van der Waals surface area contributed by atoms with Crippen molar-refractivity contribution < 1.29 is 80.2 Å². The maximum absolute atomic E-state index is 13.1. The fourth-order valence-corrected chi connectivity index (χ4v) is 14.0. The third-order valence-electron chi connectivity index (χ3n) is 19.2. The van der Waals surface area contributed by atoms with E-state index in [0.29, 0.717) is 25.7 Å². The lowest BCUT2D eigenvalue weighted by Gasteiger charge is -2.21. The fraction of sp³-hybridized carbons (Fsp3) is 0.951. The Labute approximate surface area is 613 Å². The number of aliphatic hydroxyl groups is 1.